The molecule has 0 unspecified atom stereocenters. The van der Waals surface area contributed by atoms with Crippen molar-refractivity contribution >= 4 is 71.2 Å². The molecule has 0 bridgehead atoms. The monoisotopic (exact) mass is 762 g/mol. The molecule has 1 aromatic heterocycles. The Morgan fingerprint density at radius 3 is 1.32 bits per heavy atom. The highest BCUT2D eigenvalue weighted by atomic mass is 15.1. The van der Waals surface area contributed by atoms with Crippen molar-refractivity contribution in [3.05, 3.63) is 231 Å². The van der Waals surface area contributed by atoms with Gasteiger partial charge in [-0.1, -0.05) is 176 Å². The normalized spacial score (nSPS) is 11.7. The molecule has 12 aromatic rings. The van der Waals surface area contributed by atoms with E-state index in [1.807, 2.05) is 0 Å². The second-order valence-corrected chi connectivity index (χ2v) is 15.7. The first-order valence-electron chi connectivity index (χ1n) is 20.7. The number of rotatable bonds is 7. The second kappa shape index (κ2) is 13.9. The quantitative estimate of drug-likeness (QED) is 0.147. The van der Waals surface area contributed by atoms with Gasteiger partial charge in [0.15, 0.2) is 0 Å². The lowest BCUT2D eigenvalue weighted by Crippen LogP contribution is -2.10. The van der Waals surface area contributed by atoms with Crippen LogP contribution in [0.3, 0.4) is 0 Å². The topological polar surface area (TPSA) is 8.17 Å². The summed E-state index contributed by atoms with van der Waals surface area (Å²) in [6.07, 6.45) is 0. The molecule has 0 aliphatic carbocycles. The molecule has 0 amide bonds. The highest BCUT2D eigenvalue weighted by Gasteiger charge is 2.21. The number of aromatic nitrogens is 1. The Balaban J connectivity index is 1.04. The van der Waals surface area contributed by atoms with Gasteiger partial charge in [0, 0.05) is 32.9 Å². The van der Waals surface area contributed by atoms with Gasteiger partial charge in [0.2, 0.25) is 0 Å². The third-order valence-electron chi connectivity index (χ3n) is 12.3. The molecule has 11 aromatic carbocycles. The highest BCUT2D eigenvalue weighted by molar-refractivity contribution is 6.27. The molecule has 0 spiro atoms. The maximum absolute atomic E-state index is 2.45. The fourth-order valence-corrected chi connectivity index (χ4v) is 9.51. The van der Waals surface area contributed by atoms with E-state index in [0.29, 0.717) is 0 Å². The molecule has 2 nitrogen and oxygen atoms in total. The number of anilines is 3. The van der Waals surface area contributed by atoms with Gasteiger partial charge in [-0.05, 0) is 110 Å². The van der Waals surface area contributed by atoms with Crippen LogP contribution in [0.15, 0.2) is 231 Å². The Morgan fingerprint density at radius 1 is 0.283 bits per heavy atom. The van der Waals surface area contributed by atoms with Gasteiger partial charge in [-0.3, -0.25) is 0 Å². The maximum Gasteiger partial charge on any atom is 0.0541 e. The van der Waals surface area contributed by atoms with Crippen molar-refractivity contribution in [1.82, 2.24) is 4.57 Å². The summed E-state index contributed by atoms with van der Waals surface area (Å²) in [5, 5.41) is 10.1. The minimum Gasteiger partial charge on any atom is -0.310 e. The fourth-order valence-electron chi connectivity index (χ4n) is 9.51. The van der Waals surface area contributed by atoms with Gasteiger partial charge in [-0.15, -0.1) is 0 Å². The minimum absolute atomic E-state index is 1.10. The first-order chi connectivity index (χ1) is 29.8. The molecule has 0 atom stereocenters. The molecule has 12 rings (SSSR count). The van der Waals surface area contributed by atoms with Crippen LogP contribution in [-0.2, 0) is 0 Å². The molecule has 0 fully saturated rings. The third-order valence-corrected chi connectivity index (χ3v) is 12.3. The molecule has 280 valence electrons. The SMILES string of the molecule is c1ccc(-c2ccc(N(c3ccc(-c4cccc(-c5ccccc5)c4)cc3)c3ccc4ccc5c(-n6c7ccccc7c7ccccc76)ccc6ccc3c4c65)cc2)cc1. The molecule has 0 N–H and O–H groups in total. The smallest absolute Gasteiger partial charge is 0.0541 e. The van der Waals surface area contributed by atoms with Gasteiger partial charge < -0.3 is 9.47 Å². The lowest BCUT2D eigenvalue weighted by atomic mass is 9.92. The van der Waals surface area contributed by atoms with E-state index in [9.17, 15) is 0 Å². The molecule has 0 saturated heterocycles. The van der Waals surface area contributed by atoms with E-state index in [1.54, 1.807) is 0 Å². The average molecular weight is 763 g/mol. The molecule has 1 heterocycles. The van der Waals surface area contributed by atoms with Crippen LogP contribution < -0.4 is 4.90 Å². The van der Waals surface area contributed by atoms with Gasteiger partial charge in [-0.2, -0.15) is 0 Å². The van der Waals surface area contributed by atoms with E-state index in [4.69, 9.17) is 0 Å². The lowest BCUT2D eigenvalue weighted by Gasteiger charge is -2.28. The first-order valence-corrected chi connectivity index (χ1v) is 20.7. The van der Waals surface area contributed by atoms with Crippen LogP contribution in [0.25, 0.3) is 93.2 Å². The number of hydrogen-bond donors (Lipinski definition) is 0. The van der Waals surface area contributed by atoms with Crippen LogP contribution in [0.5, 0.6) is 0 Å². The molecule has 2 heteroatoms. The van der Waals surface area contributed by atoms with Crippen molar-refractivity contribution < 1.29 is 0 Å². The number of nitrogens with zero attached hydrogens (tertiary/aromatic N) is 2. The van der Waals surface area contributed by atoms with Crippen molar-refractivity contribution in [1.29, 1.82) is 0 Å². The predicted octanol–water partition coefficient (Wildman–Crippen LogP) is 16.2. The van der Waals surface area contributed by atoms with Gasteiger partial charge in [0.1, 0.15) is 0 Å². The van der Waals surface area contributed by atoms with Gasteiger partial charge in [-0.25, -0.2) is 0 Å². The van der Waals surface area contributed by atoms with Crippen molar-refractivity contribution in [3.8, 4) is 39.1 Å². The Bertz CT molecular complexity index is 3460. The summed E-state index contributed by atoms with van der Waals surface area (Å²) in [6.45, 7) is 0. The van der Waals surface area contributed by atoms with Crippen molar-refractivity contribution in [2.24, 2.45) is 0 Å². The van der Waals surface area contributed by atoms with Crippen LogP contribution in [0, 0.1) is 0 Å². The lowest BCUT2D eigenvalue weighted by molar-refractivity contribution is 1.20. The summed E-state index contributed by atoms with van der Waals surface area (Å²) in [4.78, 5) is 2.43. The summed E-state index contributed by atoms with van der Waals surface area (Å²) >= 11 is 0. The van der Waals surface area contributed by atoms with Crippen LogP contribution >= 0.6 is 0 Å². The first kappa shape index (κ1) is 34.1. The van der Waals surface area contributed by atoms with E-state index in [0.717, 1.165) is 17.1 Å². The Kier molecular flexibility index (Phi) is 7.89. The van der Waals surface area contributed by atoms with E-state index in [-0.39, 0.29) is 0 Å². The zero-order valence-electron chi connectivity index (χ0n) is 32.8. The fraction of sp³-hybridized carbons (Fsp3) is 0. The van der Waals surface area contributed by atoms with Crippen LogP contribution in [0.1, 0.15) is 0 Å². The molecule has 60 heavy (non-hydrogen) atoms. The number of benzene rings is 11. The van der Waals surface area contributed by atoms with E-state index < -0.39 is 0 Å². The van der Waals surface area contributed by atoms with Crippen molar-refractivity contribution in [2.45, 2.75) is 0 Å². The van der Waals surface area contributed by atoms with E-state index in [2.05, 4.69) is 240 Å². The molecular weight excluding hydrogens is 725 g/mol. The Hall–Kier alpha value is -7.94. The third kappa shape index (κ3) is 5.50. The number of fused-ring (bicyclic) bond motifs is 3. The summed E-state index contributed by atoms with van der Waals surface area (Å²) in [5.74, 6) is 0. The van der Waals surface area contributed by atoms with Crippen LogP contribution in [0.2, 0.25) is 0 Å². The zero-order chi connectivity index (χ0) is 39.6. The van der Waals surface area contributed by atoms with Crippen LogP contribution in [0.4, 0.5) is 17.1 Å². The molecule has 0 aliphatic heterocycles. The minimum atomic E-state index is 1.10. The number of hydrogen-bond acceptors (Lipinski definition) is 1. The summed E-state index contributed by atoms with van der Waals surface area (Å²) in [5.41, 5.74) is 14.2. The summed E-state index contributed by atoms with van der Waals surface area (Å²) in [6, 6.07) is 84.2. The van der Waals surface area contributed by atoms with E-state index >= 15 is 0 Å². The van der Waals surface area contributed by atoms with Crippen LogP contribution in [-0.4, -0.2) is 4.57 Å². The maximum atomic E-state index is 2.45. The standard InChI is InChI=1S/C58H38N2/c1-3-12-39(13-4-1)41-22-30-47(31-23-41)59(48-32-24-42(25-33-48)46-17-11-16-45(38-46)40-14-5-2-6-15-40)55-36-28-43-27-35-52-56(37-29-44-26-34-51(55)57(43)58(44)52)60-53-20-9-7-18-49(53)50-19-8-10-21-54(50)60/h1-38H. The number of para-hydroxylation sites is 2. The Labute approximate surface area is 348 Å². The second-order valence-electron chi connectivity index (χ2n) is 15.7. The molecule has 0 aliphatic rings. The Morgan fingerprint density at radius 2 is 0.717 bits per heavy atom. The molecule has 0 radical (unpaired) electrons. The largest absolute Gasteiger partial charge is 0.310 e. The molecule has 0 saturated carbocycles. The van der Waals surface area contributed by atoms with Crippen molar-refractivity contribution in [2.75, 3.05) is 4.90 Å². The van der Waals surface area contributed by atoms with Crippen molar-refractivity contribution in [3.63, 3.8) is 0 Å². The summed E-state index contributed by atoms with van der Waals surface area (Å²) < 4.78 is 2.45. The zero-order valence-corrected chi connectivity index (χ0v) is 32.8. The average Bonchev–Trinajstić information content (AvgIpc) is 3.66. The summed E-state index contributed by atoms with van der Waals surface area (Å²) in [7, 11) is 0. The molecular formula is C58H38N2. The van der Waals surface area contributed by atoms with E-state index in [1.165, 1.54) is 93.2 Å². The predicted molar refractivity (Wildman–Crippen MR) is 255 cm³/mol. The van der Waals surface area contributed by atoms with Gasteiger partial charge in [0.25, 0.3) is 0 Å². The van der Waals surface area contributed by atoms with Gasteiger partial charge in [0.05, 0.1) is 22.4 Å². The van der Waals surface area contributed by atoms with Gasteiger partial charge >= 0.3 is 0 Å². The highest BCUT2D eigenvalue weighted by Crippen LogP contribution is 2.46.